The van der Waals surface area contributed by atoms with Gasteiger partial charge in [0, 0.05) is 10.6 Å². The van der Waals surface area contributed by atoms with Crippen LogP contribution in [0.5, 0.6) is 17.2 Å². The molecule has 0 radical (unpaired) electrons. The van der Waals surface area contributed by atoms with Crippen molar-refractivity contribution in [2.24, 2.45) is 0 Å². The number of rotatable bonds is 9. The number of hydrazine groups is 1. The van der Waals surface area contributed by atoms with Crippen LogP contribution in [0.1, 0.15) is 31.8 Å². The lowest BCUT2D eigenvalue weighted by Gasteiger charge is -2.16. The zero-order valence-corrected chi connectivity index (χ0v) is 23.0. The van der Waals surface area contributed by atoms with Gasteiger partial charge < -0.3 is 19.3 Å². The molecule has 3 aromatic rings. The number of amides is 2. The molecule has 39 heavy (non-hydrogen) atoms. The second kappa shape index (κ2) is 12.2. The maximum Gasteiger partial charge on any atom is 0.340 e. The number of carboxylic acids is 1. The van der Waals surface area contributed by atoms with Crippen LogP contribution in [0.2, 0.25) is 5.02 Å². The molecule has 0 aliphatic carbocycles. The molecule has 0 atom stereocenters. The van der Waals surface area contributed by atoms with Crippen molar-refractivity contribution in [3.63, 3.8) is 0 Å². The van der Waals surface area contributed by atoms with Crippen molar-refractivity contribution in [2.45, 2.75) is 6.61 Å². The molecule has 3 aromatic carbocycles. The number of thiocarbonyl (C=S) groups is 1. The van der Waals surface area contributed by atoms with Crippen LogP contribution in [0.3, 0.4) is 0 Å². The number of carboxylic acid groups (broad SMARTS) is 1. The molecule has 12 heteroatoms. The molecule has 0 saturated carbocycles. The van der Waals surface area contributed by atoms with Gasteiger partial charge >= 0.3 is 5.97 Å². The molecule has 0 aromatic heterocycles. The van der Waals surface area contributed by atoms with E-state index < -0.39 is 17.8 Å². The van der Waals surface area contributed by atoms with Crippen molar-refractivity contribution in [2.75, 3.05) is 14.2 Å². The fourth-order valence-corrected chi connectivity index (χ4v) is 4.90. The minimum Gasteiger partial charge on any atom is -0.493 e. The first-order chi connectivity index (χ1) is 18.7. The highest BCUT2D eigenvalue weighted by molar-refractivity contribution is 8.26. The van der Waals surface area contributed by atoms with E-state index >= 15 is 0 Å². The summed E-state index contributed by atoms with van der Waals surface area (Å²) in [6, 6.07) is 16.7. The Labute approximate surface area is 238 Å². The Morgan fingerprint density at radius 2 is 1.74 bits per heavy atom. The van der Waals surface area contributed by atoms with E-state index in [4.69, 9.17) is 38.0 Å². The van der Waals surface area contributed by atoms with Gasteiger partial charge in [0.1, 0.15) is 17.9 Å². The molecular weight excluding hydrogens is 564 g/mol. The van der Waals surface area contributed by atoms with Crippen LogP contribution in [0.15, 0.2) is 65.6 Å². The molecule has 0 bridgehead atoms. The zero-order valence-electron chi connectivity index (χ0n) is 20.6. The SMILES string of the molecule is COc1ccc(/C=C2/SC(=S)N(NC(=O)c3ccc(OCc4ccc(Cl)cc4)cc3)C2=O)c(C(=O)O)c1OC. The summed E-state index contributed by atoms with van der Waals surface area (Å²) >= 11 is 12.1. The van der Waals surface area contributed by atoms with Crippen LogP contribution in [-0.4, -0.2) is 46.4 Å². The Balaban J connectivity index is 1.45. The average molecular weight is 585 g/mol. The third kappa shape index (κ3) is 6.33. The number of carbonyl (C=O) groups excluding carboxylic acids is 2. The van der Waals surface area contributed by atoms with Crippen LogP contribution in [0.4, 0.5) is 0 Å². The number of nitrogens with one attached hydrogen (secondary N) is 1. The molecule has 1 heterocycles. The first-order valence-electron chi connectivity index (χ1n) is 11.3. The van der Waals surface area contributed by atoms with Gasteiger partial charge in [-0.2, -0.15) is 5.01 Å². The number of hydrogen-bond donors (Lipinski definition) is 2. The second-order valence-corrected chi connectivity index (χ2v) is 10.1. The number of aromatic carboxylic acids is 1. The summed E-state index contributed by atoms with van der Waals surface area (Å²) < 4.78 is 16.2. The van der Waals surface area contributed by atoms with Gasteiger partial charge in [-0.15, -0.1) is 0 Å². The first kappa shape index (κ1) is 28.0. The molecule has 200 valence electrons. The lowest BCUT2D eigenvalue weighted by Crippen LogP contribution is -2.44. The Morgan fingerprint density at radius 1 is 1.05 bits per heavy atom. The highest BCUT2D eigenvalue weighted by Gasteiger charge is 2.34. The third-order valence-corrected chi connectivity index (χ3v) is 7.07. The highest BCUT2D eigenvalue weighted by atomic mass is 35.5. The van der Waals surface area contributed by atoms with E-state index in [0.29, 0.717) is 17.4 Å². The Morgan fingerprint density at radius 3 is 2.36 bits per heavy atom. The van der Waals surface area contributed by atoms with Crippen molar-refractivity contribution in [3.05, 3.63) is 92.8 Å². The number of thioether (sulfide) groups is 1. The van der Waals surface area contributed by atoms with Crippen molar-refractivity contribution in [1.29, 1.82) is 0 Å². The minimum atomic E-state index is -1.26. The molecule has 4 rings (SSSR count). The number of ether oxygens (including phenoxy) is 3. The number of carbonyl (C=O) groups is 3. The van der Waals surface area contributed by atoms with Crippen molar-refractivity contribution < 1.29 is 33.7 Å². The monoisotopic (exact) mass is 584 g/mol. The average Bonchev–Trinajstić information content (AvgIpc) is 3.19. The van der Waals surface area contributed by atoms with Gasteiger partial charge in [-0.05, 0) is 71.9 Å². The third-order valence-electron chi connectivity index (χ3n) is 5.52. The topological polar surface area (TPSA) is 114 Å². The maximum atomic E-state index is 13.0. The quantitative estimate of drug-likeness (QED) is 0.259. The van der Waals surface area contributed by atoms with Crippen molar-refractivity contribution in [3.8, 4) is 17.2 Å². The number of methoxy groups -OCH3 is 2. The lowest BCUT2D eigenvalue weighted by molar-refractivity contribution is -0.123. The van der Waals surface area contributed by atoms with Gasteiger partial charge in [0.05, 0.1) is 19.1 Å². The van der Waals surface area contributed by atoms with Crippen LogP contribution >= 0.6 is 35.6 Å². The van der Waals surface area contributed by atoms with E-state index in [9.17, 15) is 19.5 Å². The van der Waals surface area contributed by atoms with Gasteiger partial charge in [0.15, 0.2) is 15.8 Å². The number of benzene rings is 3. The molecule has 0 spiro atoms. The minimum absolute atomic E-state index is 0.0168. The van der Waals surface area contributed by atoms with E-state index in [1.807, 2.05) is 12.1 Å². The van der Waals surface area contributed by atoms with Crippen LogP contribution in [-0.2, 0) is 11.4 Å². The molecular formula is C27H21ClN2O7S2. The van der Waals surface area contributed by atoms with Gasteiger partial charge in [0.2, 0.25) is 0 Å². The second-order valence-electron chi connectivity index (χ2n) is 7.97. The van der Waals surface area contributed by atoms with Gasteiger partial charge in [0.25, 0.3) is 11.8 Å². The van der Waals surface area contributed by atoms with Crippen LogP contribution in [0.25, 0.3) is 6.08 Å². The molecule has 1 aliphatic heterocycles. The fourth-order valence-electron chi connectivity index (χ4n) is 3.60. The zero-order chi connectivity index (χ0) is 28.1. The number of hydrogen-bond acceptors (Lipinski definition) is 8. The summed E-state index contributed by atoms with van der Waals surface area (Å²) in [6.07, 6.45) is 1.38. The smallest absolute Gasteiger partial charge is 0.340 e. The molecule has 2 amide bonds. The van der Waals surface area contributed by atoms with E-state index in [2.05, 4.69) is 5.43 Å². The summed E-state index contributed by atoms with van der Waals surface area (Å²) in [7, 11) is 2.71. The van der Waals surface area contributed by atoms with Crippen LogP contribution in [0, 0.1) is 0 Å². The predicted molar refractivity (Wildman–Crippen MR) is 151 cm³/mol. The normalized spacial score (nSPS) is 13.9. The lowest BCUT2D eigenvalue weighted by atomic mass is 10.0. The standard InChI is InChI=1S/C27H21ClN2O7S2/c1-35-20-12-7-17(22(26(33)34)23(20)36-2)13-21-25(32)30(27(38)39-21)29-24(31)16-5-10-19(11-6-16)37-14-15-3-8-18(28)9-4-15/h3-13H,14H2,1-2H3,(H,29,31)(H,33,34)/b21-13+. The van der Waals surface area contributed by atoms with Crippen LogP contribution < -0.4 is 19.6 Å². The van der Waals surface area contributed by atoms with Crippen molar-refractivity contribution >= 4 is 63.8 Å². The summed E-state index contributed by atoms with van der Waals surface area (Å²) in [5, 5.41) is 11.3. The van der Waals surface area contributed by atoms with Crippen molar-refractivity contribution in [1.82, 2.24) is 10.4 Å². The van der Waals surface area contributed by atoms with Gasteiger partial charge in [-0.1, -0.05) is 41.6 Å². The number of nitrogens with zero attached hydrogens (tertiary/aromatic N) is 1. The van der Waals surface area contributed by atoms with Gasteiger partial charge in [-0.3, -0.25) is 15.0 Å². The summed E-state index contributed by atoms with van der Waals surface area (Å²) in [4.78, 5) is 37.9. The predicted octanol–water partition coefficient (Wildman–Crippen LogP) is 5.18. The number of halogens is 1. The summed E-state index contributed by atoms with van der Waals surface area (Å²) in [5.74, 6) is -1.63. The Bertz CT molecular complexity index is 1470. The molecule has 2 N–H and O–H groups in total. The van der Waals surface area contributed by atoms with Gasteiger partial charge in [-0.25, -0.2) is 4.79 Å². The van der Waals surface area contributed by atoms with E-state index in [1.54, 1.807) is 36.4 Å². The summed E-state index contributed by atoms with van der Waals surface area (Å²) in [5.41, 5.74) is 3.75. The van der Waals surface area contributed by atoms with E-state index in [0.717, 1.165) is 22.3 Å². The first-order valence-corrected chi connectivity index (χ1v) is 12.9. The van der Waals surface area contributed by atoms with E-state index in [-0.39, 0.29) is 37.4 Å². The van der Waals surface area contributed by atoms with E-state index in [1.165, 1.54) is 32.4 Å². The molecule has 1 fully saturated rings. The molecule has 1 aliphatic rings. The molecule has 0 unspecified atom stereocenters. The largest absolute Gasteiger partial charge is 0.493 e. The summed E-state index contributed by atoms with van der Waals surface area (Å²) in [6.45, 7) is 0.329. The Kier molecular flexibility index (Phi) is 8.75. The highest BCUT2D eigenvalue weighted by Crippen LogP contribution is 2.37. The fraction of sp³-hybridized carbons (Fsp3) is 0.111. The Hall–Kier alpha value is -4.06. The maximum absolute atomic E-state index is 13.0. The molecule has 1 saturated heterocycles. The molecule has 9 nitrogen and oxygen atoms in total.